The van der Waals surface area contributed by atoms with Gasteiger partial charge in [-0.1, -0.05) is 31.9 Å². The molecular formula is C19H21FN2O2. The predicted octanol–water partition coefficient (Wildman–Crippen LogP) is 5.05. The molecule has 0 unspecified atom stereocenters. The third-order valence-corrected chi connectivity index (χ3v) is 3.32. The highest BCUT2D eigenvalue weighted by atomic mass is 19.1. The molecule has 0 saturated carbocycles. The number of rotatable bonds is 7. The Labute approximate surface area is 141 Å². The van der Waals surface area contributed by atoms with Gasteiger partial charge in [0.2, 0.25) is 0 Å². The molecule has 1 N–H and O–H groups in total. The van der Waals surface area contributed by atoms with Crippen LogP contribution in [0.3, 0.4) is 0 Å². The number of anilines is 1. The van der Waals surface area contributed by atoms with Crippen LogP contribution in [0.2, 0.25) is 0 Å². The monoisotopic (exact) mass is 328 g/mol. The zero-order valence-electron chi connectivity index (χ0n) is 13.7. The lowest BCUT2D eigenvalue weighted by molar-refractivity contribution is 0.259. The largest absolute Gasteiger partial charge is 0.494 e. The third-order valence-electron chi connectivity index (χ3n) is 3.32. The summed E-state index contributed by atoms with van der Waals surface area (Å²) < 4.78 is 18.4. The smallest absolute Gasteiger partial charge is 0.345 e. The van der Waals surface area contributed by atoms with Crippen LogP contribution in [-0.2, 0) is 0 Å². The fraction of sp³-hybridized carbons (Fsp3) is 0.263. The van der Waals surface area contributed by atoms with Crippen molar-refractivity contribution in [2.75, 3.05) is 11.9 Å². The number of unbranched alkanes of at least 4 members (excludes halogenated alkanes) is 2. The summed E-state index contributed by atoms with van der Waals surface area (Å²) >= 11 is 0. The first kappa shape index (κ1) is 17.7. The van der Waals surface area contributed by atoms with Gasteiger partial charge in [0.1, 0.15) is 11.6 Å². The molecule has 0 saturated heterocycles. The van der Waals surface area contributed by atoms with Gasteiger partial charge in [0.25, 0.3) is 0 Å². The van der Waals surface area contributed by atoms with Gasteiger partial charge in [-0.25, -0.2) is 14.2 Å². The SMILES string of the molecule is CCCCCOc1ccc(NC(=O)/N=C/c2ccc(F)cc2)cc1. The van der Waals surface area contributed by atoms with Crippen LogP contribution in [0.25, 0.3) is 0 Å². The van der Waals surface area contributed by atoms with E-state index in [2.05, 4.69) is 17.2 Å². The summed E-state index contributed by atoms with van der Waals surface area (Å²) in [6.45, 7) is 2.84. The molecule has 126 valence electrons. The van der Waals surface area contributed by atoms with E-state index in [4.69, 9.17) is 4.74 Å². The normalized spacial score (nSPS) is 10.8. The molecule has 0 aromatic heterocycles. The first-order valence-corrected chi connectivity index (χ1v) is 8.01. The first-order chi connectivity index (χ1) is 11.7. The summed E-state index contributed by atoms with van der Waals surface area (Å²) in [5.74, 6) is 0.451. The van der Waals surface area contributed by atoms with E-state index < -0.39 is 6.03 Å². The van der Waals surface area contributed by atoms with E-state index >= 15 is 0 Å². The topological polar surface area (TPSA) is 50.7 Å². The van der Waals surface area contributed by atoms with Crippen LogP contribution >= 0.6 is 0 Å². The standard InChI is InChI=1S/C19H21FN2O2/c1-2-3-4-13-24-18-11-9-17(10-12-18)22-19(23)21-14-15-5-7-16(20)8-6-15/h5-12,14H,2-4,13H2,1H3,(H,22,23)/b21-14+. The number of nitrogens with one attached hydrogen (secondary N) is 1. The molecule has 2 aromatic carbocycles. The fourth-order valence-corrected chi connectivity index (χ4v) is 2.01. The summed E-state index contributed by atoms with van der Waals surface area (Å²) in [5.41, 5.74) is 1.29. The van der Waals surface area contributed by atoms with E-state index in [1.54, 1.807) is 24.3 Å². The number of hydrogen-bond donors (Lipinski definition) is 1. The van der Waals surface area contributed by atoms with Gasteiger partial charge in [-0.15, -0.1) is 0 Å². The molecule has 2 rings (SSSR count). The summed E-state index contributed by atoms with van der Waals surface area (Å²) in [6, 6.07) is 12.4. The molecule has 0 aliphatic rings. The zero-order valence-corrected chi connectivity index (χ0v) is 13.7. The number of urea groups is 1. The second-order valence-electron chi connectivity index (χ2n) is 5.32. The highest BCUT2D eigenvalue weighted by Gasteiger charge is 2.00. The lowest BCUT2D eigenvalue weighted by atomic mass is 10.2. The third kappa shape index (κ3) is 6.20. The Balaban J connectivity index is 1.82. The van der Waals surface area contributed by atoms with Gasteiger partial charge in [-0.3, -0.25) is 0 Å². The van der Waals surface area contributed by atoms with Crippen LogP contribution in [0, 0.1) is 5.82 Å². The van der Waals surface area contributed by atoms with Crippen molar-refractivity contribution < 1.29 is 13.9 Å². The van der Waals surface area contributed by atoms with E-state index in [9.17, 15) is 9.18 Å². The summed E-state index contributed by atoms with van der Waals surface area (Å²) in [7, 11) is 0. The maximum Gasteiger partial charge on any atom is 0.345 e. The quantitative estimate of drug-likeness (QED) is 0.571. The molecule has 0 atom stereocenters. The van der Waals surface area contributed by atoms with Crippen molar-refractivity contribution in [1.82, 2.24) is 0 Å². The molecule has 0 spiro atoms. The van der Waals surface area contributed by atoms with Gasteiger partial charge in [-0.2, -0.15) is 0 Å². The Morgan fingerprint density at radius 3 is 2.50 bits per heavy atom. The van der Waals surface area contributed by atoms with Gasteiger partial charge < -0.3 is 10.1 Å². The van der Waals surface area contributed by atoms with Crippen molar-refractivity contribution in [3.63, 3.8) is 0 Å². The van der Waals surface area contributed by atoms with E-state index in [0.717, 1.165) is 25.0 Å². The zero-order chi connectivity index (χ0) is 17.2. The van der Waals surface area contributed by atoms with E-state index in [1.165, 1.54) is 18.3 Å². The van der Waals surface area contributed by atoms with Crippen LogP contribution in [0.15, 0.2) is 53.5 Å². The molecule has 0 heterocycles. The maximum atomic E-state index is 12.8. The second kappa shape index (κ2) is 9.45. The van der Waals surface area contributed by atoms with E-state index in [0.29, 0.717) is 17.9 Å². The number of carbonyl (C=O) groups excluding carboxylic acids is 1. The van der Waals surface area contributed by atoms with Crippen molar-refractivity contribution in [2.24, 2.45) is 4.99 Å². The van der Waals surface area contributed by atoms with Crippen molar-refractivity contribution in [1.29, 1.82) is 0 Å². The highest BCUT2D eigenvalue weighted by molar-refractivity contribution is 5.97. The second-order valence-corrected chi connectivity index (χ2v) is 5.32. The van der Waals surface area contributed by atoms with Gasteiger partial charge >= 0.3 is 6.03 Å². The van der Waals surface area contributed by atoms with Gasteiger partial charge in [0, 0.05) is 11.9 Å². The van der Waals surface area contributed by atoms with Crippen molar-refractivity contribution >= 4 is 17.9 Å². The number of ether oxygens (including phenoxy) is 1. The molecule has 4 nitrogen and oxygen atoms in total. The van der Waals surface area contributed by atoms with Crippen LogP contribution in [0.1, 0.15) is 31.7 Å². The summed E-state index contributed by atoms with van der Waals surface area (Å²) in [5, 5.41) is 2.66. The van der Waals surface area contributed by atoms with Crippen LogP contribution in [0.4, 0.5) is 14.9 Å². The van der Waals surface area contributed by atoms with E-state index in [1.807, 2.05) is 12.1 Å². The summed E-state index contributed by atoms with van der Waals surface area (Å²) in [6.07, 6.45) is 4.74. The Hall–Kier alpha value is -2.69. The molecule has 0 bridgehead atoms. The lowest BCUT2D eigenvalue weighted by Gasteiger charge is -2.07. The molecule has 0 fully saturated rings. The molecule has 2 aromatic rings. The number of amides is 2. The molecule has 0 radical (unpaired) electrons. The molecule has 2 amide bonds. The fourth-order valence-electron chi connectivity index (χ4n) is 2.01. The van der Waals surface area contributed by atoms with Gasteiger partial charge in [-0.05, 0) is 48.4 Å². The molecule has 5 heteroatoms. The Bertz CT molecular complexity index is 667. The first-order valence-electron chi connectivity index (χ1n) is 8.01. The average molecular weight is 328 g/mol. The van der Waals surface area contributed by atoms with Gasteiger partial charge in [0.15, 0.2) is 0 Å². The van der Waals surface area contributed by atoms with Gasteiger partial charge in [0.05, 0.1) is 6.61 Å². The lowest BCUT2D eigenvalue weighted by Crippen LogP contribution is -2.06. The van der Waals surface area contributed by atoms with E-state index in [-0.39, 0.29) is 5.82 Å². The van der Waals surface area contributed by atoms with Crippen LogP contribution in [0.5, 0.6) is 5.75 Å². The summed E-state index contributed by atoms with van der Waals surface area (Å²) in [4.78, 5) is 15.6. The number of nitrogens with zero attached hydrogens (tertiary/aromatic N) is 1. The minimum atomic E-state index is -0.490. The number of hydrogen-bond acceptors (Lipinski definition) is 2. The highest BCUT2D eigenvalue weighted by Crippen LogP contribution is 2.16. The van der Waals surface area contributed by atoms with Crippen LogP contribution in [-0.4, -0.2) is 18.9 Å². The van der Waals surface area contributed by atoms with Crippen molar-refractivity contribution in [3.8, 4) is 5.75 Å². The molecule has 0 aliphatic carbocycles. The number of halogens is 1. The Morgan fingerprint density at radius 1 is 1.12 bits per heavy atom. The average Bonchev–Trinajstić information content (AvgIpc) is 2.60. The van der Waals surface area contributed by atoms with Crippen LogP contribution < -0.4 is 10.1 Å². The maximum absolute atomic E-state index is 12.8. The number of carbonyl (C=O) groups is 1. The number of benzene rings is 2. The molecular weight excluding hydrogens is 307 g/mol. The minimum absolute atomic E-state index is 0.325. The van der Waals surface area contributed by atoms with Crippen molar-refractivity contribution in [2.45, 2.75) is 26.2 Å². The molecule has 24 heavy (non-hydrogen) atoms. The predicted molar refractivity (Wildman–Crippen MR) is 94.5 cm³/mol. The Kier molecular flexibility index (Phi) is 6.95. The van der Waals surface area contributed by atoms with Crippen molar-refractivity contribution in [3.05, 3.63) is 59.9 Å². The number of aliphatic imine (C=N–C) groups is 1. The Morgan fingerprint density at radius 2 is 1.83 bits per heavy atom. The minimum Gasteiger partial charge on any atom is -0.494 e. The molecule has 0 aliphatic heterocycles.